The highest BCUT2D eigenvalue weighted by atomic mass is 16.4. The molecule has 1 saturated heterocycles. The Bertz CT molecular complexity index is 353. The van der Waals surface area contributed by atoms with Crippen LogP contribution in [-0.4, -0.2) is 28.2 Å². The standard InChI is InChI=1S/C11H16N2O2/c1-10(2,3)11-4-7(6-12)13(9(14)15)8(11)5-11/h7-8H,4-5H2,1-3H3,(H,14,15)/t7-,8-,11?/m0/s1. The van der Waals surface area contributed by atoms with Crippen LogP contribution < -0.4 is 0 Å². The van der Waals surface area contributed by atoms with Gasteiger partial charge in [-0.3, -0.25) is 4.90 Å². The Hall–Kier alpha value is -1.24. The van der Waals surface area contributed by atoms with Crippen LogP contribution in [0.3, 0.4) is 0 Å². The molecule has 82 valence electrons. The molecule has 0 bridgehead atoms. The lowest BCUT2D eigenvalue weighted by atomic mass is 9.75. The molecule has 1 N–H and O–H groups in total. The topological polar surface area (TPSA) is 64.3 Å². The predicted octanol–water partition coefficient (Wildman–Crippen LogP) is 2.07. The van der Waals surface area contributed by atoms with Crippen LogP contribution in [0.2, 0.25) is 0 Å². The summed E-state index contributed by atoms with van der Waals surface area (Å²) in [6.07, 6.45) is 0.667. The summed E-state index contributed by atoms with van der Waals surface area (Å²) < 4.78 is 0. The summed E-state index contributed by atoms with van der Waals surface area (Å²) in [5.74, 6) is 0. The van der Waals surface area contributed by atoms with Crippen molar-refractivity contribution in [1.82, 2.24) is 4.90 Å². The molecule has 2 fully saturated rings. The fraction of sp³-hybridized carbons (Fsp3) is 0.818. The highest BCUT2D eigenvalue weighted by Gasteiger charge is 2.70. The third-order valence-electron chi connectivity index (χ3n) is 4.13. The molecule has 15 heavy (non-hydrogen) atoms. The highest BCUT2D eigenvalue weighted by molar-refractivity contribution is 5.68. The van der Waals surface area contributed by atoms with Gasteiger partial charge in [0.1, 0.15) is 6.04 Å². The number of hydrogen-bond donors (Lipinski definition) is 1. The largest absolute Gasteiger partial charge is 0.465 e. The van der Waals surface area contributed by atoms with Crippen molar-refractivity contribution in [2.45, 2.75) is 45.7 Å². The molecule has 1 heterocycles. The number of hydrogen-bond acceptors (Lipinski definition) is 2. The molecular weight excluding hydrogens is 192 g/mol. The zero-order valence-corrected chi connectivity index (χ0v) is 9.32. The van der Waals surface area contributed by atoms with Crippen LogP contribution in [0.4, 0.5) is 4.79 Å². The van der Waals surface area contributed by atoms with Crippen LogP contribution in [0.25, 0.3) is 0 Å². The minimum absolute atomic E-state index is 0.0474. The quantitative estimate of drug-likeness (QED) is 0.662. The number of rotatable bonds is 0. The van der Waals surface area contributed by atoms with Gasteiger partial charge in [0.05, 0.1) is 6.07 Å². The van der Waals surface area contributed by atoms with Crippen LogP contribution in [-0.2, 0) is 0 Å². The Kier molecular flexibility index (Phi) is 1.82. The maximum Gasteiger partial charge on any atom is 0.408 e. The molecule has 2 rings (SSSR count). The van der Waals surface area contributed by atoms with Crippen molar-refractivity contribution >= 4 is 6.09 Å². The third kappa shape index (κ3) is 1.16. The number of carboxylic acid groups (broad SMARTS) is 1. The van der Waals surface area contributed by atoms with Gasteiger partial charge in [0, 0.05) is 11.5 Å². The van der Waals surface area contributed by atoms with Crippen molar-refractivity contribution in [3.63, 3.8) is 0 Å². The van der Waals surface area contributed by atoms with Gasteiger partial charge >= 0.3 is 6.09 Å². The van der Waals surface area contributed by atoms with Crippen molar-refractivity contribution < 1.29 is 9.90 Å². The summed E-state index contributed by atoms with van der Waals surface area (Å²) in [7, 11) is 0. The number of likely N-dealkylation sites (tertiary alicyclic amines) is 1. The van der Waals surface area contributed by atoms with Gasteiger partial charge in [0.2, 0.25) is 0 Å². The fourth-order valence-electron chi connectivity index (χ4n) is 3.02. The van der Waals surface area contributed by atoms with E-state index >= 15 is 0 Å². The van der Waals surface area contributed by atoms with Gasteiger partial charge < -0.3 is 5.11 Å². The number of nitriles is 1. The summed E-state index contributed by atoms with van der Waals surface area (Å²) >= 11 is 0. The highest BCUT2D eigenvalue weighted by Crippen LogP contribution is 2.67. The van der Waals surface area contributed by atoms with Gasteiger partial charge in [0.25, 0.3) is 0 Å². The van der Waals surface area contributed by atoms with Crippen molar-refractivity contribution in [3.8, 4) is 6.07 Å². The normalized spacial score (nSPS) is 38.4. The molecule has 0 spiro atoms. The molecule has 1 saturated carbocycles. The summed E-state index contributed by atoms with van der Waals surface area (Å²) in [4.78, 5) is 12.4. The fourth-order valence-corrected chi connectivity index (χ4v) is 3.02. The van der Waals surface area contributed by atoms with Crippen molar-refractivity contribution in [2.24, 2.45) is 10.8 Å². The molecule has 0 aromatic carbocycles. The van der Waals surface area contributed by atoms with E-state index in [4.69, 9.17) is 10.4 Å². The van der Waals surface area contributed by atoms with Gasteiger partial charge in [-0.25, -0.2) is 4.79 Å². The molecule has 4 heteroatoms. The first-order valence-corrected chi connectivity index (χ1v) is 5.24. The monoisotopic (exact) mass is 208 g/mol. The maximum atomic E-state index is 11.1. The average molecular weight is 208 g/mol. The SMILES string of the molecule is CC(C)(C)C12C[C@@H](C#N)N(C(=O)O)[C@H]1C2. The van der Waals surface area contributed by atoms with Gasteiger partial charge in [0.15, 0.2) is 0 Å². The van der Waals surface area contributed by atoms with Crippen molar-refractivity contribution in [1.29, 1.82) is 5.26 Å². The Morgan fingerprint density at radius 2 is 2.13 bits per heavy atom. The van der Waals surface area contributed by atoms with Gasteiger partial charge in [-0.15, -0.1) is 0 Å². The van der Waals surface area contributed by atoms with E-state index < -0.39 is 12.1 Å². The van der Waals surface area contributed by atoms with E-state index in [1.54, 1.807) is 0 Å². The second-order valence-corrected chi connectivity index (χ2v) is 5.66. The maximum absolute atomic E-state index is 11.1. The molecule has 2 aliphatic rings. The first-order valence-electron chi connectivity index (χ1n) is 5.24. The van der Waals surface area contributed by atoms with E-state index in [9.17, 15) is 4.79 Å². The molecule has 1 aliphatic carbocycles. The smallest absolute Gasteiger partial charge is 0.408 e. The van der Waals surface area contributed by atoms with E-state index in [1.165, 1.54) is 4.90 Å². The molecule has 1 aliphatic heterocycles. The number of piperidine rings is 1. The summed E-state index contributed by atoms with van der Waals surface area (Å²) in [5, 5.41) is 18.0. The molecule has 1 amide bonds. The third-order valence-corrected chi connectivity index (χ3v) is 4.13. The lowest BCUT2D eigenvalue weighted by Crippen LogP contribution is -2.36. The minimum Gasteiger partial charge on any atom is -0.465 e. The second-order valence-electron chi connectivity index (χ2n) is 5.66. The van der Waals surface area contributed by atoms with Crippen molar-refractivity contribution in [3.05, 3.63) is 0 Å². The van der Waals surface area contributed by atoms with E-state index in [0.29, 0.717) is 6.42 Å². The van der Waals surface area contributed by atoms with Gasteiger partial charge in [-0.1, -0.05) is 20.8 Å². The number of carbonyl (C=O) groups is 1. The molecule has 0 aromatic rings. The molecule has 4 nitrogen and oxygen atoms in total. The summed E-state index contributed by atoms with van der Waals surface area (Å²) in [6.45, 7) is 6.40. The molecular formula is C11H16N2O2. The zero-order valence-electron chi connectivity index (χ0n) is 9.32. The first kappa shape index (κ1) is 10.3. The summed E-state index contributed by atoms with van der Waals surface area (Å²) in [5.41, 5.74) is 0.128. The Labute approximate surface area is 89.5 Å². The minimum atomic E-state index is -0.949. The van der Waals surface area contributed by atoms with Crippen molar-refractivity contribution in [2.75, 3.05) is 0 Å². The van der Waals surface area contributed by atoms with Gasteiger partial charge in [-0.2, -0.15) is 5.26 Å². The molecule has 1 unspecified atom stereocenters. The number of fused-ring (bicyclic) bond motifs is 1. The lowest BCUT2D eigenvalue weighted by molar-refractivity contribution is 0.139. The molecule has 3 atom stereocenters. The van der Waals surface area contributed by atoms with Crippen LogP contribution in [0, 0.1) is 22.2 Å². The predicted molar refractivity (Wildman–Crippen MR) is 54.2 cm³/mol. The van der Waals surface area contributed by atoms with Crippen LogP contribution in [0.5, 0.6) is 0 Å². The van der Waals surface area contributed by atoms with Crippen LogP contribution in [0.15, 0.2) is 0 Å². The average Bonchev–Trinajstić information content (AvgIpc) is 2.71. The molecule has 0 aromatic heterocycles. The number of amides is 1. The Morgan fingerprint density at radius 3 is 2.47 bits per heavy atom. The van der Waals surface area contributed by atoms with Crippen LogP contribution >= 0.6 is 0 Å². The van der Waals surface area contributed by atoms with E-state index in [1.807, 2.05) is 0 Å². The Balaban J connectivity index is 2.28. The van der Waals surface area contributed by atoms with Gasteiger partial charge in [-0.05, 0) is 18.3 Å². The zero-order chi connectivity index (χ0) is 11.4. The number of nitrogens with zero attached hydrogens (tertiary/aromatic N) is 2. The lowest BCUT2D eigenvalue weighted by Gasteiger charge is -2.28. The first-order chi connectivity index (χ1) is 6.83. The van der Waals surface area contributed by atoms with E-state index in [-0.39, 0.29) is 16.9 Å². The van der Waals surface area contributed by atoms with Crippen LogP contribution in [0.1, 0.15) is 33.6 Å². The summed E-state index contributed by atoms with van der Waals surface area (Å²) in [6, 6.07) is 1.72. The Morgan fingerprint density at radius 1 is 1.53 bits per heavy atom. The second kappa shape index (κ2) is 2.66. The molecule has 0 radical (unpaired) electrons. The van der Waals surface area contributed by atoms with E-state index in [2.05, 4.69) is 26.8 Å². The van der Waals surface area contributed by atoms with E-state index in [0.717, 1.165) is 6.42 Å².